The van der Waals surface area contributed by atoms with Crippen molar-refractivity contribution < 1.29 is 23.5 Å². The lowest BCUT2D eigenvalue weighted by atomic mass is 10.2. The van der Waals surface area contributed by atoms with E-state index in [2.05, 4.69) is 4.90 Å². The second kappa shape index (κ2) is 10.4. The van der Waals surface area contributed by atoms with E-state index in [1.54, 1.807) is 23.1 Å². The summed E-state index contributed by atoms with van der Waals surface area (Å²) in [7, 11) is 0. The lowest BCUT2D eigenvalue weighted by molar-refractivity contribution is -0.384. The molecule has 11 nitrogen and oxygen atoms in total. The number of nitro benzene ring substituents is 2. The van der Waals surface area contributed by atoms with Crippen molar-refractivity contribution in [2.75, 3.05) is 26.2 Å². The fourth-order valence-electron chi connectivity index (χ4n) is 4.76. The van der Waals surface area contributed by atoms with Gasteiger partial charge in [0.1, 0.15) is 16.9 Å². The predicted octanol–water partition coefficient (Wildman–Crippen LogP) is 5.51. The fraction of sp³-hybridized carbons (Fsp3) is 0.346. The van der Waals surface area contributed by atoms with E-state index < -0.39 is 4.92 Å². The Balaban J connectivity index is 0.000000152. The van der Waals surface area contributed by atoms with Gasteiger partial charge in [-0.05, 0) is 63.0 Å². The monoisotopic (exact) mass is 506 g/mol. The molecule has 4 heterocycles. The summed E-state index contributed by atoms with van der Waals surface area (Å²) in [6, 6.07) is 12.5. The Kier molecular flexibility index (Phi) is 6.87. The zero-order chi connectivity index (χ0) is 25.9. The van der Waals surface area contributed by atoms with Crippen molar-refractivity contribution in [1.29, 1.82) is 0 Å². The molecule has 0 spiro atoms. The van der Waals surface area contributed by atoms with Crippen molar-refractivity contribution in [2.24, 2.45) is 0 Å². The van der Waals surface area contributed by atoms with Crippen molar-refractivity contribution in [2.45, 2.75) is 32.2 Å². The first-order valence-corrected chi connectivity index (χ1v) is 12.2. The summed E-state index contributed by atoms with van der Waals surface area (Å²) >= 11 is 0. The molecule has 6 rings (SSSR count). The van der Waals surface area contributed by atoms with Gasteiger partial charge in [0.15, 0.2) is 5.76 Å². The van der Waals surface area contributed by atoms with Gasteiger partial charge in [0, 0.05) is 48.1 Å². The van der Waals surface area contributed by atoms with E-state index in [-0.39, 0.29) is 28.0 Å². The highest BCUT2D eigenvalue weighted by atomic mass is 16.6. The van der Waals surface area contributed by atoms with E-state index in [0.717, 1.165) is 62.3 Å². The maximum Gasteiger partial charge on any atom is 0.289 e. The van der Waals surface area contributed by atoms with Gasteiger partial charge in [-0.2, -0.15) is 0 Å². The summed E-state index contributed by atoms with van der Waals surface area (Å²) in [6.45, 7) is 4.50. The lowest BCUT2D eigenvalue weighted by Gasteiger charge is -2.12. The average molecular weight is 507 g/mol. The van der Waals surface area contributed by atoms with Crippen LogP contribution in [0.5, 0.6) is 0 Å². The third-order valence-corrected chi connectivity index (χ3v) is 6.65. The Morgan fingerprint density at radius 3 is 1.89 bits per heavy atom. The van der Waals surface area contributed by atoms with Crippen LogP contribution in [0.4, 0.5) is 11.4 Å². The molecule has 0 unspecified atom stereocenters. The van der Waals surface area contributed by atoms with E-state index in [0.29, 0.717) is 11.0 Å². The average Bonchev–Trinajstić information content (AvgIpc) is 3.69. The molecule has 192 valence electrons. The van der Waals surface area contributed by atoms with Gasteiger partial charge in [-0.15, -0.1) is 0 Å². The van der Waals surface area contributed by atoms with E-state index in [9.17, 15) is 25.0 Å². The van der Waals surface area contributed by atoms with E-state index in [1.807, 2.05) is 6.07 Å². The number of amides is 1. The number of non-ortho nitro benzene ring substituents is 2. The SMILES string of the molecule is O=C(c1cc2cc([N+](=O)[O-])ccc2o1)N1CCCC1.O=[N+]([O-])c1ccc2oc(CN3CCCC3)cc2c1. The van der Waals surface area contributed by atoms with Crippen LogP contribution in [-0.4, -0.2) is 51.7 Å². The van der Waals surface area contributed by atoms with Crippen molar-refractivity contribution in [3.63, 3.8) is 0 Å². The summed E-state index contributed by atoms with van der Waals surface area (Å²) in [4.78, 5) is 36.8. The first-order valence-electron chi connectivity index (χ1n) is 12.2. The summed E-state index contributed by atoms with van der Waals surface area (Å²) in [5.41, 5.74) is 1.31. The number of benzene rings is 2. The molecule has 2 aromatic carbocycles. The van der Waals surface area contributed by atoms with E-state index >= 15 is 0 Å². The highest BCUT2D eigenvalue weighted by Gasteiger charge is 2.23. The molecule has 11 heteroatoms. The number of furan rings is 2. The van der Waals surface area contributed by atoms with Gasteiger partial charge >= 0.3 is 0 Å². The van der Waals surface area contributed by atoms with Crippen LogP contribution in [0, 0.1) is 20.2 Å². The zero-order valence-electron chi connectivity index (χ0n) is 20.1. The highest BCUT2D eigenvalue weighted by molar-refractivity contribution is 5.96. The second-order valence-corrected chi connectivity index (χ2v) is 9.26. The van der Waals surface area contributed by atoms with Gasteiger partial charge in [-0.25, -0.2) is 0 Å². The van der Waals surface area contributed by atoms with Crippen LogP contribution in [0.1, 0.15) is 42.0 Å². The normalized spacial score (nSPS) is 15.7. The number of likely N-dealkylation sites (tertiary alicyclic amines) is 2. The Morgan fingerprint density at radius 2 is 1.30 bits per heavy atom. The van der Waals surface area contributed by atoms with Gasteiger partial charge in [0.2, 0.25) is 0 Å². The molecular weight excluding hydrogens is 480 g/mol. The molecule has 1 amide bonds. The second-order valence-electron chi connectivity index (χ2n) is 9.26. The van der Waals surface area contributed by atoms with Crippen LogP contribution in [0.2, 0.25) is 0 Å². The molecule has 4 aromatic rings. The number of carbonyl (C=O) groups excluding carboxylic acids is 1. The van der Waals surface area contributed by atoms with Crippen LogP contribution in [0.25, 0.3) is 21.9 Å². The number of nitro groups is 2. The molecule has 2 saturated heterocycles. The quantitative estimate of drug-likeness (QED) is 0.255. The topological polar surface area (TPSA) is 136 Å². The Morgan fingerprint density at radius 1 is 0.757 bits per heavy atom. The third-order valence-electron chi connectivity index (χ3n) is 6.65. The van der Waals surface area contributed by atoms with Gasteiger partial charge in [-0.3, -0.25) is 29.9 Å². The van der Waals surface area contributed by atoms with Crippen molar-refractivity contribution in [1.82, 2.24) is 9.80 Å². The summed E-state index contributed by atoms with van der Waals surface area (Å²) in [5, 5.41) is 22.8. The molecule has 37 heavy (non-hydrogen) atoms. The van der Waals surface area contributed by atoms with Gasteiger partial charge < -0.3 is 13.7 Å². The maximum absolute atomic E-state index is 12.1. The Hall–Kier alpha value is -4.25. The Bertz CT molecular complexity index is 1460. The molecule has 2 aliphatic rings. The largest absolute Gasteiger partial charge is 0.460 e. The highest BCUT2D eigenvalue weighted by Crippen LogP contribution is 2.27. The van der Waals surface area contributed by atoms with Gasteiger partial charge in [0.25, 0.3) is 17.3 Å². The van der Waals surface area contributed by atoms with Crippen molar-refractivity contribution in [3.8, 4) is 0 Å². The molecule has 0 bridgehead atoms. The third kappa shape index (κ3) is 5.46. The first kappa shape index (κ1) is 24.4. The molecule has 2 aromatic heterocycles. The van der Waals surface area contributed by atoms with Crippen LogP contribution < -0.4 is 0 Å². The van der Waals surface area contributed by atoms with Crippen molar-refractivity contribution in [3.05, 3.63) is 80.3 Å². The zero-order valence-corrected chi connectivity index (χ0v) is 20.1. The van der Waals surface area contributed by atoms with Crippen LogP contribution in [0.15, 0.2) is 57.4 Å². The van der Waals surface area contributed by atoms with E-state index in [4.69, 9.17) is 8.83 Å². The fourth-order valence-corrected chi connectivity index (χ4v) is 4.76. The number of fused-ring (bicyclic) bond motifs is 2. The van der Waals surface area contributed by atoms with Crippen molar-refractivity contribution >= 4 is 39.2 Å². The Labute approximate surface area is 211 Å². The van der Waals surface area contributed by atoms with E-state index in [1.165, 1.54) is 37.1 Å². The molecule has 0 aliphatic carbocycles. The number of rotatable bonds is 5. The van der Waals surface area contributed by atoms with Gasteiger partial charge in [0.05, 0.1) is 16.4 Å². The van der Waals surface area contributed by atoms with Crippen LogP contribution in [-0.2, 0) is 6.54 Å². The number of hydrogen-bond donors (Lipinski definition) is 0. The smallest absolute Gasteiger partial charge is 0.289 e. The minimum atomic E-state index is -0.464. The molecule has 0 saturated carbocycles. The summed E-state index contributed by atoms with van der Waals surface area (Å²) in [5.74, 6) is 0.987. The molecule has 0 N–H and O–H groups in total. The molecule has 0 atom stereocenters. The first-order chi connectivity index (χ1) is 17.9. The molecule has 2 fully saturated rings. The van der Waals surface area contributed by atoms with Crippen LogP contribution >= 0.6 is 0 Å². The minimum absolute atomic E-state index is 0.00604. The number of hydrogen-bond acceptors (Lipinski definition) is 8. The standard InChI is InChI=1S/C13H12N2O4.C13H14N2O3/c16-13(14-5-1-2-6-14)12-8-9-7-10(15(17)18)3-4-11(9)19-12;16-15(17)11-3-4-13-10(7-11)8-12(18-13)9-14-5-1-2-6-14/h3-4,7-8H,1-2,5-6H2;3-4,7-8H,1-2,5-6,9H2. The maximum atomic E-state index is 12.1. The summed E-state index contributed by atoms with van der Waals surface area (Å²) < 4.78 is 11.2. The minimum Gasteiger partial charge on any atom is -0.460 e. The van der Waals surface area contributed by atoms with Crippen LogP contribution in [0.3, 0.4) is 0 Å². The summed E-state index contributed by atoms with van der Waals surface area (Å²) in [6.07, 6.45) is 4.51. The molecule has 0 radical (unpaired) electrons. The number of carbonyl (C=O) groups is 1. The molecule has 2 aliphatic heterocycles. The lowest BCUT2D eigenvalue weighted by Crippen LogP contribution is -2.27. The predicted molar refractivity (Wildman–Crippen MR) is 135 cm³/mol. The number of nitrogens with zero attached hydrogens (tertiary/aromatic N) is 4. The van der Waals surface area contributed by atoms with Gasteiger partial charge in [-0.1, -0.05) is 0 Å². The molecular formula is C26H26N4O7.